The summed E-state index contributed by atoms with van der Waals surface area (Å²) in [6, 6.07) is 7.75. The second-order valence-corrected chi connectivity index (χ2v) is 6.19. The monoisotopic (exact) mass is 275 g/mol. The minimum Gasteiger partial charge on any atom is -0.331 e. The molecule has 1 aliphatic carbocycles. The highest BCUT2D eigenvalue weighted by Gasteiger charge is 2.29. The van der Waals surface area contributed by atoms with Crippen molar-refractivity contribution < 1.29 is 0 Å². The summed E-state index contributed by atoms with van der Waals surface area (Å²) in [6.45, 7) is 5.36. The van der Waals surface area contributed by atoms with Gasteiger partial charge in [-0.05, 0) is 63.7 Å². The summed E-state index contributed by atoms with van der Waals surface area (Å²) in [4.78, 5) is 5.79. The zero-order chi connectivity index (χ0) is 13.6. The van der Waals surface area contributed by atoms with Crippen LogP contribution >= 0.6 is 12.2 Å². The van der Waals surface area contributed by atoms with E-state index in [4.69, 9.17) is 12.2 Å². The molecule has 0 bridgehead atoms. The fourth-order valence-electron chi connectivity index (χ4n) is 2.68. The van der Waals surface area contributed by atoms with E-state index in [1.54, 1.807) is 0 Å². The molecule has 0 aliphatic heterocycles. The first-order valence-corrected chi connectivity index (χ1v) is 7.38. The molecule has 19 heavy (non-hydrogen) atoms. The normalized spacial score (nSPS) is 17.3. The molecule has 102 valence electrons. The lowest BCUT2D eigenvalue weighted by atomic mass is 10.2. The van der Waals surface area contributed by atoms with E-state index < -0.39 is 0 Å². The van der Waals surface area contributed by atoms with Crippen LogP contribution in [0.5, 0.6) is 0 Å². The number of fused-ring (bicyclic) bond motifs is 1. The SMILES string of the molecule is Cc1ccc2[nH]c(=S)n(CC(C)N(C)C3CC3)c2c1. The van der Waals surface area contributed by atoms with Crippen molar-refractivity contribution in [2.24, 2.45) is 0 Å². The van der Waals surface area contributed by atoms with E-state index in [-0.39, 0.29) is 0 Å². The highest BCUT2D eigenvalue weighted by Crippen LogP contribution is 2.27. The Morgan fingerprint density at radius 1 is 1.47 bits per heavy atom. The maximum absolute atomic E-state index is 5.47. The average Bonchev–Trinajstić information content (AvgIpc) is 3.17. The number of aromatic nitrogens is 2. The van der Waals surface area contributed by atoms with Crippen LogP contribution in [0.4, 0.5) is 0 Å². The van der Waals surface area contributed by atoms with Gasteiger partial charge in [-0.1, -0.05) is 6.07 Å². The molecular weight excluding hydrogens is 254 g/mol. The van der Waals surface area contributed by atoms with E-state index in [9.17, 15) is 0 Å². The molecule has 4 heteroatoms. The van der Waals surface area contributed by atoms with Crippen molar-refractivity contribution in [2.45, 2.75) is 45.3 Å². The van der Waals surface area contributed by atoms with Crippen molar-refractivity contribution in [1.29, 1.82) is 0 Å². The lowest BCUT2D eigenvalue weighted by molar-refractivity contribution is 0.226. The maximum atomic E-state index is 5.47. The third-order valence-electron chi connectivity index (χ3n) is 4.20. The Labute approximate surface area is 119 Å². The molecule has 1 atom stereocenters. The molecule has 1 aromatic carbocycles. The van der Waals surface area contributed by atoms with Crippen molar-refractivity contribution in [3.63, 3.8) is 0 Å². The van der Waals surface area contributed by atoms with Gasteiger partial charge in [0.25, 0.3) is 0 Å². The Balaban J connectivity index is 1.93. The number of H-pyrrole nitrogens is 1. The minimum absolute atomic E-state index is 0.513. The Morgan fingerprint density at radius 3 is 2.89 bits per heavy atom. The van der Waals surface area contributed by atoms with Gasteiger partial charge in [-0.3, -0.25) is 4.90 Å². The Morgan fingerprint density at radius 2 is 2.21 bits per heavy atom. The Kier molecular flexibility index (Phi) is 3.23. The largest absolute Gasteiger partial charge is 0.331 e. The lowest BCUT2D eigenvalue weighted by Gasteiger charge is -2.25. The number of nitrogens with zero attached hydrogens (tertiary/aromatic N) is 2. The van der Waals surface area contributed by atoms with Crippen LogP contribution in [0.15, 0.2) is 18.2 Å². The van der Waals surface area contributed by atoms with Gasteiger partial charge < -0.3 is 9.55 Å². The second kappa shape index (κ2) is 4.76. The standard InChI is InChI=1S/C15H21N3S/c1-10-4-7-13-14(8-10)18(15(19)16-13)9-11(2)17(3)12-5-6-12/h4,7-8,11-12H,5-6,9H2,1-3H3,(H,16,19). The predicted molar refractivity (Wildman–Crippen MR) is 82.1 cm³/mol. The smallest absolute Gasteiger partial charge is 0.178 e. The molecule has 1 aliphatic rings. The first-order valence-electron chi connectivity index (χ1n) is 6.97. The summed E-state index contributed by atoms with van der Waals surface area (Å²) in [6.07, 6.45) is 2.69. The number of hydrogen-bond acceptors (Lipinski definition) is 2. The fourth-order valence-corrected chi connectivity index (χ4v) is 2.96. The van der Waals surface area contributed by atoms with Gasteiger partial charge in [0.2, 0.25) is 0 Å². The van der Waals surface area contributed by atoms with Crippen LogP contribution in [0.3, 0.4) is 0 Å². The molecule has 1 aromatic heterocycles. The lowest BCUT2D eigenvalue weighted by Crippen LogP contribution is -2.34. The van der Waals surface area contributed by atoms with E-state index in [2.05, 4.69) is 53.5 Å². The molecule has 1 unspecified atom stereocenters. The van der Waals surface area contributed by atoms with E-state index in [0.717, 1.165) is 22.9 Å². The van der Waals surface area contributed by atoms with Gasteiger partial charge in [0.15, 0.2) is 4.77 Å². The Bertz CT molecular complexity index is 651. The van der Waals surface area contributed by atoms with Crippen LogP contribution in [0, 0.1) is 11.7 Å². The number of rotatable bonds is 4. The van der Waals surface area contributed by atoms with Gasteiger partial charge in [0, 0.05) is 18.6 Å². The zero-order valence-electron chi connectivity index (χ0n) is 11.8. The number of aromatic amines is 1. The van der Waals surface area contributed by atoms with Crippen LogP contribution in [0.2, 0.25) is 0 Å². The third kappa shape index (κ3) is 2.47. The van der Waals surface area contributed by atoms with Crippen LogP contribution in [0.25, 0.3) is 11.0 Å². The molecular formula is C15H21N3S. The predicted octanol–water partition coefficient (Wildman–Crippen LogP) is 3.49. The summed E-state index contributed by atoms with van der Waals surface area (Å²) in [5.74, 6) is 0. The number of nitrogens with one attached hydrogen (secondary N) is 1. The molecule has 1 fully saturated rings. The van der Waals surface area contributed by atoms with Gasteiger partial charge in [0.05, 0.1) is 11.0 Å². The van der Waals surface area contributed by atoms with Crippen molar-refractivity contribution >= 4 is 23.3 Å². The maximum Gasteiger partial charge on any atom is 0.178 e. The molecule has 1 saturated carbocycles. The third-order valence-corrected chi connectivity index (χ3v) is 4.52. The minimum atomic E-state index is 0.513. The number of hydrogen-bond donors (Lipinski definition) is 1. The topological polar surface area (TPSA) is 24.0 Å². The molecule has 0 spiro atoms. The fraction of sp³-hybridized carbons (Fsp3) is 0.533. The first-order chi connectivity index (χ1) is 9.06. The molecule has 3 rings (SSSR count). The number of benzene rings is 1. The van der Waals surface area contributed by atoms with Gasteiger partial charge in [-0.25, -0.2) is 0 Å². The highest BCUT2D eigenvalue weighted by atomic mass is 32.1. The zero-order valence-corrected chi connectivity index (χ0v) is 12.6. The van der Waals surface area contributed by atoms with Gasteiger partial charge in [-0.2, -0.15) is 0 Å². The van der Waals surface area contributed by atoms with Gasteiger partial charge >= 0.3 is 0 Å². The highest BCUT2D eigenvalue weighted by molar-refractivity contribution is 7.71. The quantitative estimate of drug-likeness (QED) is 0.864. The summed E-state index contributed by atoms with van der Waals surface area (Å²) in [7, 11) is 2.23. The molecule has 1 N–H and O–H groups in total. The van der Waals surface area contributed by atoms with Crippen molar-refractivity contribution in [3.8, 4) is 0 Å². The van der Waals surface area contributed by atoms with Crippen LogP contribution < -0.4 is 0 Å². The second-order valence-electron chi connectivity index (χ2n) is 5.81. The van der Waals surface area contributed by atoms with Gasteiger partial charge in [0.1, 0.15) is 0 Å². The van der Waals surface area contributed by atoms with E-state index >= 15 is 0 Å². The van der Waals surface area contributed by atoms with Gasteiger partial charge in [-0.15, -0.1) is 0 Å². The number of likely N-dealkylation sites (N-methyl/N-ethyl adjacent to an activating group) is 1. The van der Waals surface area contributed by atoms with Crippen LogP contribution in [-0.4, -0.2) is 33.6 Å². The van der Waals surface area contributed by atoms with Crippen LogP contribution in [-0.2, 0) is 6.54 Å². The molecule has 0 radical (unpaired) electrons. The number of imidazole rings is 1. The van der Waals surface area contributed by atoms with E-state index in [1.165, 1.54) is 23.9 Å². The summed E-state index contributed by atoms with van der Waals surface area (Å²) in [5, 5.41) is 0. The summed E-state index contributed by atoms with van der Waals surface area (Å²) < 4.78 is 3.07. The van der Waals surface area contributed by atoms with Crippen molar-refractivity contribution in [3.05, 3.63) is 28.5 Å². The van der Waals surface area contributed by atoms with Crippen LogP contribution in [0.1, 0.15) is 25.3 Å². The van der Waals surface area contributed by atoms with E-state index in [1.807, 2.05) is 0 Å². The molecule has 1 heterocycles. The molecule has 0 saturated heterocycles. The molecule has 3 nitrogen and oxygen atoms in total. The van der Waals surface area contributed by atoms with Crippen molar-refractivity contribution in [2.75, 3.05) is 7.05 Å². The summed E-state index contributed by atoms with van der Waals surface area (Å²) in [5.41, 5.74) is 3.64. The first kappa shape index (κ1) is 12.9. The number of aryl methyl sites for hydroxylation is 1. The molecule has 0 amide bonds. The van der Waals surface area contributed by atoms with Crippen molar-refractivity contribution in [1.82, 2.24) is 14.5 Å². The molecule has 2 aromatic rings. The average molecular weight is 275 g/mol. The summed E-state index contributed by atoms with van der Waals surface area (Å²) >= 11 is 5.47. The Hall–Kier alpha value is -1.13. The van der Waals surface area contributed by atoms with E-state index in [0.29, 0.717) is 6.04 Å².